The molecular weight excluding hydrogens is 312 g/mol. The SMILES string of the molecule is COc1ccc(NCCC(=O)c2cccc([N+](=O)[O-])c2)c(OC)c1. The van der Waals surface area contributed by atoms with Gasteiger partial charge in [-0.05, 0) is 12.1 Å². The lowest BCUT2D eigenvalue weighted by molar-refractivity contribution is -0.384. The number of ketones is 1. The van der Waals surface area contributed by atoms with Crippen LogP contribution in [-0.4, -0.2) is 31.5 Å². The molecule has 126 valence electrons. The van der Waals surface area contributed by atoms with Crippen LogP contribution in [0.3, 0.4) is 0 Å². The molecule has 0 unspecified atom stereocenters. The fourth-order valence-electron chi connectivity index (χ4n) is 2.19. The highest BCUT2D eigenvalue weighted by Gasteiger charge is 2.12. The Morgan fingerprint density at radius 1 is 1.17 bits per heavy atom. The van der Waals surface area contributed by atoms with Crippen LogP contribution < -0.4 is 14.8 Å². The fraction of sp³-hybridized carbons (Fsp3) is 0.235. The highest BCUT2D eigenvalue weighted by molar-refractivity contribution is 5.96. The molecule has 0 heterocycles. The van der Waals surface area contributed by atoms with Gasteiger partial charge in [-0.2, -0.15) is 0 Å². The molecule has 0 amide bonds. The molecule has 0 aliphatic rings. The largest absolute Gasteiger partial charge is 0.497 e. The molecule has 0 atom stereocenters. The summed E-state index contributed by atoms with van der Waals surface area (Å²) in [7, 11) is 3.12. The first-order chi connectivity index (χ1) is 11.5. The molecule has 0 spiro atoms. The lowest BCUT2D eigenvalue weighted by Gasteiger charge is -2.12. The lowest BCUT2D eigenvalue weighted by atomic mass is 10.1. The summed E-state index contributed by atoms with van der Waals surface area (Å²) in [5.41, 5.74) is 0.975. The van der Waals surface area contributed by atoms with Crippen LogP contribution in [0.2, 0.25) is 0 Å². The molecule has 24 heavy (non-hydrogen) atoms. The molecular formula is C17H18N2O5. The van der Waals surface area contributed by atoms with Gasteiger partial charge < -0.3 is 14.8 Å². The van der Waals surface area contributed by atoms with Gasteiger partial charge >= 0.3 is 0 Å². The summed E-state index contributed by atoms with van der Waals surface area (Å²) in [4.78, 5) is 22.4. The van der Waals surface area contributed by atoms with Gasteiger partial charge in [0.25, 0.3) is 5.69 Å². The van der Waals surface area contributed by atoms with Crippen molar-refractivity contribution in [1.29, 1.82) is 0 Å². The lowest BCUT2D eigenvalue weighted by Crippen LogP contribution is -2.10. The van der Waals surface area contributed by atoms with E-state index in [0.29, 0.717) is 23.6 Å². The number of carbonyl (C=O) groups excluding carboxylic acids is 1. The molecule has 0 fully saturated rings. The number of hydrogen-bond donors (Lipinski definition) is 1. The molecule has 2 rings (SSSR count). The molecule has 0 aliphatic carbocycles. The van der Waals surface area contributed by atoms with Gasteiger partial charge in [0.1, 0.15) is 11.5 Å². The Kier molecular flexibility index (Phi) is 5.73. The summed E-state index contributed by atoms with van der Waals surface area (Å²) < 4.78 is 10.4. The molecule has 0 aliphatic heterocycles. The minimum absolute atomic E-state index is 0.0920. The van der Waals surface area contributed by atoms with E-state index in [1.807, 2.05) is 0 Å². The van der Waals surface area contributed by atoms with Gasteiger partial charge in [-0.1, -0.05) is 12.1 Å². The van der Waals surface area contributed by atoms with Crippen LogP contribution >= 0.6 is 0 Å². The van der Waals surface area contributed by atoms with Crippen LogP contribution in [0.5, 0.6) is 11.5 Å². The van der Waals surface area contributed by atoms with E-state index in [9.17, 15) is 14.9 Å². The van der Waals surface area contributed by atoms with E-state index in [0.717, 1.165) is 5.69 Å². The van der Waals surface area contributed by atoms with Crippen LogP contribution in [0.1, 0.15) is 16.8 Å². The monoisotopic (exact) mass is 330 g/mol. The number of carbonyl (C=O) groups is 1. The molecule has 2 aromatic carbocycles. The van der Waals surface area contributed by atoms with Gasteiger partial charge in [0.2, 0.25) is 0 Å². The highest BCUT2D eigenvalue weighted by Crippen LogP contribution is 2.29. The third-order valence-electron chi connectivity index (χ3n) is 3.46. The second-order valence-electron chi connectivity index (χ2n) is 4.97. The predicted molar refractivity (Wildman–Crippen MR) is 90.1 cm³/mol. The van der Waals surface area contributed by atoms with Crippen molar-refractivity contribution < 1.29 is 19.2 Å². The number of hydrogen-bond acceptors (Lipinski definition) is 6. The summed E-state index contributed by atoms with van der Waals surface area (Å²) in [5.74, 6) is 1.11. The number of nitro benzene ring substituents is 1. The van der Waals surface area contributed by atoms with Crippen molar-refractivity contribution in [2.24, 2.45) is 0 Å². The summed E-state index contributed by atoms with van der Waals surface area (Å²) in [6, 6.07) is 11.1. The van der Waals surface area contributed by atoms with Crippen LogP contribution in [0.15, 0.2) is 42.5 Å². The second kappa shape index (κ2) is 7.96. The maximum atomic E-state index is 12.2. The Labute approximate surface area is 139 Å². The minimum atomic E-state index is -0.517. The number of non-ortho nitro benzene ring substituents is 1. The Balaban J connectivity index is 1.98. The minimum Gasteiger partial charge on any atom is -0.497 e. The van der Waals surface area contributed by atoms with E-state index < -0.39 is 4.92 Å². The van der Waals surface area contributed by atoms with Crippen molar-refractivity contribution in [2.45, 2.75) is 6.42 Å². The molecule has 2 aromatic rings. The zero-order valence-corrected chi connectivity index (χ0v) is 13.4. The van der Waals surface area contributed by atoms with Crippen molar-refractivity contribution in [3.63, 3.8) is 0 Å². The van der Waals surface area contributed by atoms with Crippen molar-refractivity contribution >= 4 is 17.2 Å². The molecule has 1 N–H and O–H groups in total. The summed E-state index contributed by atoms with van der Waals surface area (Å²) >= 11 is 0. The zero-order chi connectivity index (χ0) is 17.5. The molecule has 0 aromatic heterocycles. The number of nitro groups is 1. The maximum absolute atomic E-state index is 12.2. The number of Topliss-reactive ketones (excluding diaryl/α,β-unsaturated/α-hetero) is 1. The number of nitrogens with zero attached hydrogens (tertiary/aromatic N) is 1. The number of nitrogens with one attached hydrogen (secondary N) is 1. The van der Waals surface area contributed by atoms with E-state index in [-0.39, 0.29) is 17.9 Å². The maximum Gasteiger partial charge on any atom is 0.270 e. The van der Waals surface area contributed by atoms with E-state index in [1.54, 1.807) is 38.5 Å². The van der Waals surface area contributed by atoms with Gasteiger partial charge in [-0.15, -0.1) is 0 Å². The van der Waals surface area contributed by atoms with E-state index in [1.165, 1.54) is 18.2 Å². The first-order valence-corrected chi connectivity index (χ1v) is 7.28. The number of rotatable bonds is 8. The number of anilines is 1. The van der Waals surface area contributed by atoms with Gasteiger partial charge in [0.15, 0.2) is 5.78 Å². The molecule has 7 heteroatoms. The predicted octanol–water partition coefficient (Wildman–Crippen LogP) is 3.30. The van der Waals surface area contributed by atoms with E-state index in [2.05, 4.69) is 5.32 Å². The third-order valence-corrected chi connectivity index (χ3v) is 3.46. The third kappa shape index (κ3) is 4.22. The normalized spacial score (nSPS) is 10.1. The van der Waals surface area contributed by atoms with Crippen LogP contribution in [0.4, 0.5) is 11.4 Å². The highest BCUT2D eigenvalue weighted by atomic mass is 16.6. The van der Waals surface area contributed by atoms with Crippen molar-refractivity contribution in [2.75, 3.05) is 26.1 Å². The van der Waals surface area contributed by atoms with E-state index >= 15 is 0 Å². The van der Waals surface area contributed by atoms with Gasteiger partial charge in [0, 0.05) is 36.7 Å². The van der Waals surface area contributed by atoms with Crippen LogP contribution in [0.25, 0.3) is 0 Å². The Hall–Kier alpha value is -3.09. The van der Waals surface area contributed by atoms with Crippen molar-refractivity contribution in [1.82, 2.24) is 0 Å². The topological polar surface area (TPSA) is 90.7 Å². The van der Waals surface area contributed by atoms with Crippen molar-refractivity contribution in [3.05, 3.63) is 58.1 Å². The summed E-state index contributed by atoms with van der Waals surface area (Å²) in [6.07, 6.45) is 0.205. The molecule has 0 saturated carbocycles. The fourth-order valence-corrected chi connectivity index (χ4v) is 2.19. The van der Waals surface area contributed by atoms with Gasteiger partial charge in [-0.25, -0.2) is 0 Å². The van der Waals surface area contributed by atoms with E-state index in [4.69, 9.17) is 9.47 Å². The smallest absolute Gasteiger partial charge is 0.270 e. The van der Waals surface area contributed by atoms with Gasteiger partial charge in [-0.3, -0.25) is 14.9 Å². The van der Waals surface area contributed by atoms with Crippen LogP contribution in [-0.2, 0) is 0 Å². The number of methoxy groups -OCH3 is 2. The molecule has 0 radical (unpaired) electrons. The quantitative estimate of drug-likeness (QED) is 0.454. The second-order valence-corrected chi connectivity index (χ2v) is 4.97. The van der Waals surface area contributed by atoms with Crippen LogP contribution in [0, 0.1) is 10.1 Å². The molecule has 0 bridgehead atoms. The standard InChI is InChI=1S/C17H18N2O5/c1-23-14-6-7-15(17(11-14)24-2)18-9-8-16(20)12-4-3-5-13(10-12)19(21)22/h3-7,10-11,18H,8-9H2,1-2H3. The molecule has 0 saturated heterocycles. The zero-order valence-electron chi connectivity index (χ0n) is 13.4. The average Bonchev–Trinajstić information content (AvgIpc) is 2.61. The summed E-state index contributed by atoms with van der Waals surface area (Å²) in [5, 5.41) is 13.9. The summed E-state index contributed by atoms with van der Waals surface area (Å²) in [6.45, 7) is 0.379. The van der Waals surface area contributed by atoms with Gasteiger partial charge in [0.05, 0.1) is 24.8 Å². The first-order valence-electron chi connectivity index (χ1n) is 7.28. The number of benzene rings is 2. The Morgan fingerprint density at radius 3 is 2.62 bits per heavy atom. The Bertz CT molecular complexity index is 746. The van der Waals surface area contributed by atoms with Crippen molar-refractivity contribution in [3.8, 4) is 11.5 Å². The average molecular weight is 330 g/mol. The molecule has 7 nitrogen and oxygen atoms in total. The first kappa shape index (κ1) is 17.3. The number of ether oxygens (including phenoxy) is 2. The Morgan fingerprint density at radius 2 is 1.96 bits per heavy atom.